The average Bonchev–Trinajstić information content (AvgIpc) is 3.47. The van der Waals surface area contributed by atoms with Gasteiger partial charge in [0.25, 0.3) is 0 Å². The highest BCUT2D eigenvalue weighted by Crippen LogP contribution is 2.50. The number of hydroxylamine groups is 1. The summed E-state index contributed by atoms with van der Waals surface area (Å²) in [6.07, 6.45) is -3.92. The Morgan fingerprint density at radius 1 is 0.841 bits per heavy atom. The Kier molecular flexibility index (Phi) is 8.05. The molecule has 0 radical (unpaired) electrons. The van der Waals surface area contributed by atoms with Gasteiger partial charge in [-0.3, -0.25) is 15.2 Å². The van der Waals surface area contributed by atoms with Gasteiger partial charge in [0.15, 0.2) is 0 Å². The first kappa shape index (κ1) is 30.3. The molecule has 0 spiro atoms. The number of azide groups is 1. The van der Waals surface area contributed by atoms with Crippen molar-refractivity contribution in [1.29, 1.82) is 0 Å². The summed E-state index contributed by atoms with van der Waals surface area (Å²) in [7, 11) is 0. The van der Waals surface area contributed by atoms with Gasteiger partial charge in [-0.1, -0.05) is 125 Å². The zero-order valence-corrected chi connectivity index (χ0v) is 25.0. The molecule has 2 heterocycles. The van der Waals surface area contributed by atoms with Gasteiger partial charge < -0.3 is 0 Å². The van der Waals surface area contributed by atoms with Crippen LogP contribution in [-0.4, -0.2) is 24.2 Å². The van der Waals surface area contributed by atoms with E-state index in [0.29, 0.717) is 18.7 Å². The van der Waals surface area contributed by atoms with Gasteiger partial charge in [-0.15, -0.1) is 0 Å². The summed E-state index contributed by atoms with van der Waals surface area (Å²) in [5.74, 6) is 0. The van der Waals surface area contributed by atoms with E-state index < -0.39 is 17.3 Å². The molecule has 4 aromatic carbocycles. The van der Waals surface area contributed by atoms with E-state index in [9.17, 15) is 18.7 Å². The summed E-state index contributed by atoms with van der Waals surface area (Å²) in [5.41, 5.74) is 11.4. The minimum atomic E-state index is -4.86. The van der Waals surface area contributed by atoms with Gasteiger partial charge in [-0.05, 0) is 46.0 Å². The van der Waals surface area contributed by atoms with Crippen LogP contribution in [0, 0.1) is 0 Å². The number of rotatable bonds is 7. The Morgan fingerprint density at radius 3 is 1.89 bits per heavy atom. The first-order chi connectivity index (χ1) is 21.1. The molecule has 44 heavy (non-hydrogen) atoms. The SMILES string of the molecule is [N-]=[N+]=NC1(c2ccc(C3=CC(c4cc(Cl)c(Cl)c(Cl)c4)(C(F)(F)F)ON3)cc2)CN(C(c2ccccc2)c2ccccc2)C1. The minimum Gasteiger partial charge on any atom is -0.290 e. The molecule has 4 aromatic rings. The van der Waals surface area contributed by atoms with Crippen molar-refractivity contribution in [2.24, 2.45) is 5.11 Å². The number of likely N-dealkylation sites (tertiary alicyclic amines) is 1. The number of hydrogen-bond donors (Lipinski definition) is 1. The van der Waals surface area contributed by atoms with Crippen molar-refractivity contribution < 1.29 is 18.0 Å². The van der Waals surface area contributed by atoms with Crippen LogP contribution in [0.15, 0.2) is 108 Å². The standard InChI is InChI=1S/C32H23Cl3F3N5O/c33-25-15-24(16-26(34)28(25)35)31(32(36,37)38)17-27(40-44-31)20-11-13-23(14-12-20)30(41-42-39)18-43(19-30)29(21-7-3-1-4-8-21)22-9-5-2-6-10-22/h1-17,29,40H,18-19H2. The molecule has 0 aliphatic carbocycles. The maximum absolute atomic E-state index is 14.5. The minimum absolute atomic E-state index is 0.0472. The van der Waals surface area contributed by atoms with Gasteiger partial charge in [-0.2, -0.15) is 13.2 Å². The van der Waals surface area contributed by atoms with Crippen LogP contribution in [-0.2, 0) is 16.0 Å². The Morgan fingerprint density at radius 2 is 1.39 bits per heavy atom. The summed E-state index contributed by atoms with van der Waals surface area (Å²) in [5, 5.41) is 3.88. The number of nitrogens with one attached hydrogen (secondary N) is 1. The van der Waals surface area contributed by atoms with Gasteiger partial charge in [0.05, 0.1) is 32.3 Å². The van der Waals surface area contributed by atoms with E-state index in [-0.39, 0.29) is 32.4 Å². The molecule has 1 atom stereocenters. The predicted molar refractivity (Wildman–Crippen MR) is 165 cm³/mol. The fourth-order valence-electron chi connectivity index (χ4n) is 5.80. The van der Waals surface area contributed by atoms with Crippen molar-refractivity contribution >= 4 is 40.5 Å². The van der Waals surface area contributed by atoms with E-state index in [4.69, 9.17) is 39.6 Å². The summed E-state index contributed by atoms with van der Waals surface area (Å²) < 4.78 is 43.4. The molecular formula is C32H23Cl3F3N5O. The summed E-state index contributed by atoms with van der Waals surface area (Å²) in [4.78, 5) is 10.6. The van der Waals surface area contributed by atoms with Crippen LogP contribution in [0.2, 0.25) is 15.1 Å². The highest BCUT2D eigenvalue weighted by molar-refractivity contribution is 6.48. The maximum Gasteiger partial charge on any atom is 0.428 e. The molecule has 224 valence electrons. The van der Waals surface area contributed by atoms with Crippen LogP contribution in [0.25, 0.3) is 16.1 Å². The molecule has 2 aliphatic rings. The molecule has 1 fully saturated rings. The van der Waals surface area contributed by atoms with Crippen molar-refractivity contribution in [3.63, 3.8) is 0 Å². The summed E-state index contributed by atoms with van der Waals surface area (Å²) in [6, 6.07) is 29.1. The topological polar surface area (TPSA) is 73.3 Å². The molecule has 1 saturated heterocycles. The molecule has 2 aliphatic heterocycles. The van der Waals surface area contributed by atoms with Crippen molar-refractivity contribution in [2.45, 2.75) is 23.4 Å². The third-order valence-corrected chi connectivity index (χ3v) is 9.19. The van der Waals surface area contributed by atoms with E-state index in [2.05, 4.69) is 44.7 Å². The van der Waals surface area contributed by atoms with E-state index in [1.165, 1.54) is 0 Å². The Labute approximate surface area is 266 Å². The lowest BCUT2D eigenvalue weighted by atomic mass is 9.80. The second-order valence-electron chi connectivity index (χ2n) is 10.7. The van der Waals surface area contributed by atoms with Crippen LogP contribution in [0.5, 0.6) is 0 Å². The molecule has 6 rings (SSSR count). The molecule has 0 bridgehead atoms. The average molecular weight is 657 g/mol. The van der Waals surface area contributed by atoms with Gasteiger partial charge in [0.2, 0.25) is 5.60 Å². The third-order valence-electron chi connectivity index (χ3n) is 8.00. The van der Waals surface area contributed by atoms with E-state index in [0.717, 1.165) is 34.9 Å². The largest absolute Gasteiger partial charge is 0.428 e. The summed E-state index contributed by atoms with van der Waals surface area (Å²) in [6.45, 7) is 0.897. The van der Waals surface area contributed by atoms with Crippen molar-refractivity contribution in [1.82, 2.24) is 10.4 Å². The lowest BCUT2D eigenvalue weighted by Gasteiger charge is -2.51. The Balaban J connectivity index is 1.30. The number of benzene rings is 4. The monoisotopic (exact) mass is 655 g/mol. The number of halogens is 6. The van der Waals surface area contributed by atoms with Gasteiger partial charge in [-0.25, -0.2) is 0 Å². The van der Waals surface area contributed by atoms with Crippen LogP contribution < -0.4 is 5.48 Å². The van der Waals surface area contributed by atoms with E-state index >= 15 is 0 Å². The van der Waals surface area contributed by atoms with E-state index in [1.54, 1.807) is 24.3 Å². The predicted octanol–water partition coefficient (Wildman–Crippen LogP) is 9.59. The zero-order chi connectivity index (χ0) is 31.1. The number of hydrogen-bond acceptors (Lipinski definition) is 4. The normalized spacial score (nSPS) is 19.6. The van der Waals surface area contributed by atoms with Crippen molar-refractivity contribution in [2.75, 3.05) is 13.1 Å². The maximum atomic E-state index is 14.5. The molecule has 0 amide bonds. The second kappa shape index (κ2) is 11.7. The lowest BCUT2D eigenvalue weighted by molar-refractivity contribution is -0.269. The van der Waals surface area contributed by atoms with Crippen LogP contribution in [0.1, 0.15) is 33.9 Å². The fraction of sp³-hybridized carbons (Fsp3) is 0.188. The highest BCUT2D eigenvalue weighted by Gasteiger charge is 2.60. The molecule has 0 aromatic heterocycles. The molecule has 1 unspecified atom stereocenters. The third kappa shape index (κ3) is 5.30. The van der Waals surface area contributed by atoms with Crippen molar-refractivity contribution in [3.05, 3.63) is 156 Å². The Hall–Kier alpha value is -3.69. The van der Waals surface area contributed by atoms with Gasteiger partial charge in [0, 0.05) is 23.6 Å². The number of nitrogens with zero attached hydrogens (tertiary/aromatic N) is 4. The van der Waals surface area contributed by atoms with Gasteiger partial charge in [0.1, 0.15) is 0 Å². The molecule has 1 N–H and O–H groups in total. The molecule has 12 heteroatoms. The van der Waals surface area contributed by atoms with Crippen LogP contribution in [0.4, 0.5) is 13.2 Å². The second-order valence-corrected chi connectivity index (χ2v) is 11.9. The lowest BCUT2D eigenvalue weighted by Crippen LogP contribution is -2.59. The molecular weight excluding hydrogens is 634 g/mol. The first-order valence-electron chi connectivity index (χ1n) is 13.5. The fourth-order valence-corrected chi connectivity index (χ4v) is 6.39. The zero-order valence-electron chi connectivity index (χ0n) is 22.8. The number of alkyl halides is 3. The van der Waals surface area contributed by atoms with E-state index in [1.807, 2.05) is 36.4 Å². The summed E-state index contributed by atoms with van der Waals surface area (Å²) >= 11 is 18.1. The van der Waals surface area contributed by atoms with Gasteiger partial charge >= 0.3 is 6.18 Å². The quantitative estimate of drug-likeness (QED) is 0.0932. The first-order valence-corrected chi connectivity index (χ1v) is 14.6. The highest BCUT2D eigenvalue weighted by atomic mass is 35.5. The molecule has 6 nitrogen and oxygen atoms in total. The van der Waals surface area contributed by atoms with Crippen molar-refractivity contribution in [3.8, 4) is 0 Å². The van der Waals surface area contributed by atoms with Crippen LogP contribution in [0.3, 0.4) is 0 Å². The van der Waals surface area contributed by atoms with Crippen LogP contribution >= 0.6 is 34.8 Å². The molecule has 0 saturated carbocycles. The smallest absolute Gasteiger partial charge is 0.290 e. The Bertz CT molecular complexity index is 1700.